The van der Waals surface area contributed by atoms with Gasteiger partial charge in [-0.1, -0.05) is 13.3 Å². The van der Waals surface area contributed by atoms with Crippen LogP contribution in [0.25, 0.3) is 0 Å². The Labute approximate surface area is 118 Å². The summed E-state index contributed by atoms with van der Waals surface area (Å²) in [5.41, 5.74) is 0.373. The Morgan fingerprint density at radius 3 is 2.80 bits per heavy atom. The molecule has 0 spiro atoms. The van der Waals surface area contributed by atoms with Crippen molar-refractivity contribution in [3.05, 3.63) is 22.6 Å². The van der Waals surface area contributed by atoms with Gasteiger partial charge in [-0.2, -0.15) is 5.10 Å². The Bertz CT molecular complexity index is 472. The molecule has 1 heterocycles. The van der Waals surface area contributed by atoms with Crippen molar-refractivity contribution < 1.29 is 4.79 Å². The van der Waals surface area contributed by atoms with Crippen LogP contribution in [-0.4, -0.2) is 42.4 Å². The van der Waals surface area contributed by atoms with Gasteiger partial charge in [-0.05, 0) is 13.5 Å². The zero-order valence-corrected chi connectivity index (χ0v) is 12.1. The second-order valence-corrected chi connectivity index (χ2v) is 4.47. The lowest BCUT2D eigenvalue weighted by atomic mass is 10.3. The van der Waals surface area contributed by atoms with E-state index in [0.717, 1.165) is 24.1 Å². The summed E-state index contributed by atoms with van der Waals surface area (Å²) in [5.74, 6) is -0.191. The van der Waals surface area contributed by atoms with Crippen molar-refractivity contribution in [2.24, 2.45) is 0 Å². The second kappa shape index (κ2) is 9.08. The molecule has 0 radical (unpaired) electrons. The molecule has 112 valence electrons. The highest BCUT2D eigenvalue weighted by Gasteiger charge is 2.05. The van der Waals surface area contributed by atoms with Gasteiger partial charge in [0.2, 0.25) is 5.91 Å². The maximum Gasteiger partial charge on any atom is 0.269 e. The van der Waals surface area contributed by atoms with E-state index in [1.807, 2.05) is 7.05 Å². The van der Waals surface area contributed by atoms with Gasteiger partial charge in [0, 0.05) is 25.7 Å². The Hall–Kier alpha value is -1.89. The highest BCUT2D eigenvalue weighted by Crippen LogP contribution is 1.98. The van der Waals surface area contributed by atoms with Crippen molar-refractivity contribution in [3.8, 4) is 0 Å². The summed E-state index contributed by atoms with van der Waals surface area (Å²) in [7, 11) is 1.86. The van der Waals surface area contributed by atoms with E-state index in [2.05, 4.69) is 28.0 Å². The average Bonchev–Trinajstić information content (AvgIpc) is 2.42. The predicted molar refractivity (Wildman–Crippen MR) is 78.8 cm³/mol. The number of nitrogens with zero attached hydrogens (tertiary/aromatic N) is 2. The molecule has 0 aromatic carbocycles. The molecule has 0 aliphatic carbocycles. The first kappa shape index (κ1) is 16.2. The molecule has 0 fully saturated rings. The van der Waals surface area contributed by atoms with E-state index in [-0.39, 0.29) is 18.0 Å². The van der Waals surface area contributed by atoms with Crippen LogP contribution in [0.5, 0.6) is 0 Å². The number of nitrogens with one attached hydrogen (secondary N) is 3. The van der Waals surface area contributed by atoms with Crippen LogP contribution in [-0.2, 0) is 11.3 Å². The van der Waals surface area contributed by atoms with E-state index < -0.39 is 0 Å². The number of hydrogen-bond donors (Lipinski definition) is 3. The third-order valence-electron chi connectivity index (χ3n) is 2.72. The zero-order chi connectivity index (χ0) is 14.8. The van der Waals surface area contributed by atoms with Gasteiger partial charge in [0.15, 0.2) is 0 Å². The predicted octanol–water partition coefficient (Wildman–Crippen LogP) is -0.209. The summed E-state index contributed by atoms with van der Waals surface area (Å²) in [6, 6.07) is 1.45. The number of carbonyl (C=O) groups is 1. The van der Waals surface area contributed by atoms with Crippen molar-refractivity contribution in [3.63, 3.8) is 0 Å². The number of hydrogen-bond acceptors (Lipinski definition) is 5. The minimum atomic E-state index is -0.287. The molecule has 0 bridgehead atoms. The molecule has 0 aliphatic heterocycles. The molecule has 20 heavy (non-hydrogen) atoms. The van der Waals surface area contributed by atoms with Gasteiger partial charge in [-0.3, -0.25) is 9.59 Å². The monoisotopic (exact) mass is 281 g/mol. The normalized spacial score (nSPS) is 10.3. The van der Waals surface area contributed by atoms with Crippen LogP contribution in [0.4, 0.5) is 5.69 Å². The smallest absolute Gasteiger partial charge is 0.269 e. The highest BCUT2D eigenvalue weighted by atomic mass is 16.2. The topological polar surface area (TPSA) is 88.1 Å². The molecule has 0 aliphatic rings. The van der Waals surface area contributed by atoms with Gasteiger partial charge in [0.05, 0.1) is 11.9 Å². The van der Waals surface area contributed by atoms with Crippen molar-refractivity contribution in [1.82, 2.24) is 20.4 Å². The first-order chi connectivity index (χ1) is 9.67. The first-order valence-corrected chi connectivity index (χ1v) is 6.89. The van der Waals surface area contributed by atoms with E-state index in [9.17, 15) is 9.59 Å². The Balaban J connectivity index is 2.51. The number of carbonyl (C=O) groups excluding carboxylic acids is 1. The molecule has 1 aromatic rings. The third-order valence-corrected chi connectivity index (χ3v) is 2.72. The van der Waals surface area contributed by atoms with Crippen molar-refractivity contribution >= 4 is 11.6 Å². The Kier molecular flexibility index (Phi) is 7.34. The number of aromatic nitrogens is 2. The summed E-state index contributed by atoms with van der Waals surface area (Å²) >= 11 is 0. The van der Waals surface area contributed by atoms with Crippen LogP contribution < -0.4 is 21.5 Å². The van der Waals surface area contributed by atoms with E-state index in [4.69, 9.17) is 0 Å². The standard InChI is InChI=1S/C13H23N5O2/c1-3-4-5-16-12(19)10-18-13(20)8-11(9-17-18)15-7-6-14-2/h8-9,14-15H,3-7,10H2,1-2H3,(H,16,19). The maximum absolute atomic E-state index is 11.8. The van der Waals surface area contributed by atoms with Crippen LogP contribution in [0.3, 0.4) is 0 Å². The van der Waals surface area contributed by atoms with Gasteiger partial charge in [-0.25, -0.2) is 4.68 Å². The van der Waals surface area contributed by atoms with E-state index in [1.54, 1.807) is 6.20 Å². The number of anilines is 1. The molecular weight excluding hydrogens is 258 g/mol. The summed E-state index contributed by atoms with van der Waals surface area (Å²) < 4.78 is 1.16. The lowest BCUT2D eigenvalue weighted by Crippen LogP contribution is -2.34. The molecule has 0 atom stereocenters. The number of amides is 1. The van der Waals surface area contributed by atoms with E-state index in [0.29, 0.717) is 18.8 Å². The second-order valence-electron chi connectivity index (χ2n) is 4.47. The average molecular weight is 281 g/mol. The largest absolute Gasteiger partial charge is 0.382 e. The summed E-state index contributed by atoms with van der Waals surface area (Å²) in [6.45, 7) is 4.15. The molecule has 1 rings (SSSR count). The molecular formula is C13H23N5O2. The van der Waals surface area contributed by atoms with Gasteiger partial charge >= 0.3 is 0 Å². The van der Waals surface area contributed by atoms with Crippen molar-refractivity contribution in [2.75, 3.05) is 32.0 Å². The zero-order valence-electron chi connectivity index (χ0n) is 12.1. The fraction of sp³-hybridized carbons (Fsp3) is 0.615. The fourth-order valence-electron chi connectivity index (χ4n) is 1.58. The van der Waals surface area contributed by atoms with Crippen molar-refractivity contribution in [2.45, 2.75) is 26.3 Å². The molecule has 0 saturated carbocycles. The van der Waals surface area contributed by atoms with E-state index in [1.165, 1.54) is 6.07 Å². The summed E-state index contributed by atoms with van der Waals surface area (Å²) in [6.07, 6.45) is 3.50. The molecule has 0 unspecified atom stereocenters. The van der Waals surface area contributed by atoms with Crippen molar-refractivity contribution in [1.29, 1.82) is 0 Å². The van der Waals surface area contributed by atoms with Crippen LogP contribution in [0.2, 0.25) is 0 Å². The molecule has 7 nitrogen and oxygen atoms in total. The SMILES string of the molecule is CCCCNC(=O)Cn1ncc(NCCNC)cc1=O. The van der Waals surface area contributed by atoms with Gasteiger partial charge in [-0.15, -0.1) is 0 Å². The number of likely N-dealkylation sites (N-methyl/N-ethyl adjacent to an activating group) is 1. The summed E-state index contributed by atoms with van der Waals surface area (Å²) in [5, 5.41) is 12.8. The van der Waals surface area contributed by atoms with Crippen LogP contribution in [0.15, 0.2) is 17.1 Å². The number of unbranched alkanes of at least 4 members (excludes halogenated alkanes) is 1. The molecule has 3 N–H and O–H groups in total. The first-order valence-electron chi connectivity index (χ1n) is 6.89. The van der Waals surface area contributed by atoms with Gasteiger partial charge < -0.3 is 16.0 Å². The maximum atomic E-state index is 11.8. The Morgan fingerprint density at radius 1 is 1.35 bits per heavy atom. The molecule has 1 aromatic heterocycles. The molecule has 0 saturated heterocycles. The number of rotatable bonds is 9. The summed E-state index contributed by atoms with van der Waals surface area (Å²) in [4.78, 5) is 23.4. The van der Waals surface area contributed by atoms with Crippen LogP contribution in [0.1, 0.15) is 19.8 Å². The minimum Gasteiger partial charge on any atom is -0.382 e. The fourth-order valence-corrected chi connectivity index (χ4v) is 1.58. The van der Waals surface area contributed by atoms with Gasteiger partial charge in [0.25, 0.3) is 5.56 Å². The van der Waals surface area contributed by atoms with Gasteiger partial charge in [0.1, 0.15) is 6.54 Å². The van der Waals surface area contributed by atoms with Crippen LogP contribution >= 0.6 is 0 Å². The Morgan fingerprint density at radius 2 is 2.15 bits per heavy atom. The molecule has 1 amide bonds. The quantitative estimate of drug-likeness (QED) is 0.545. The highest BCUT2D eigenvalue weighted by molar-refractivity contribution is 5.75. The van der Waals surface area contributed by atoms with E-state index >= 15 is 0 Å². The minimum absolute atomic E-state index is 0.0423. The van der Waals surface area contributed by atoms with Crippen LogP contribution in [0, 0.1) is 0 Å². The lowest BCUT2D eigenvalue weighted by Gasteiger charge is -2.08. The molecule has 7 heteroatoms. The lowest BCUT2D eigenvalue weighted by molar-refractivity contribution is -0.121. The third kappa shape index (κ3) is 5.83.